The summed E-state index contributed by atoms with van der Waals surface area (Å²) in [5.41, 5.74) is -1.57. The van der Waals surface area contributed by atoms with Gasteiger partial charge in [-0.15, -0.1) is 0 Å². The highest BCUT2D eigenvalue weighted by Gasteiger charge is 2.62. The molecule has 0 saturated heterocycles. The quantitative estimate of drug-likeness (QED) is 0.916. The van der Waals surface area contributed by atoms with E-state index >= 15 is 0 Å². The van der Waals surface area contributed by atoms with E-state index in [2.05, 4.69) is 15.1 Å². The molecule has 0 amide bonds. The van der Waals surface area contributed by atoms with Crippen LogP contribution < -0.4 is 5.01 Å². The Bertz CT molecular complexity index is 771. The van der Waals surface area contributed by atoms with Crippen LogP contribution in [0.2, 0.25) is 0 Å². The lowest BCUT2D eigenvalue weighted by molar-refractivity contribution is -0.254. The van der Waals surface area contributed by atoms with Crippen LogP contribution >= 0.6 is 0 Å². The number of aryl methyl sites for hydroxylation is 2. The molecule has 2 aromatic rings. The van der Waals surface area contributed by atoms with Crippen LogP contribution in [0.25, 0.3) is 0 Å². The van der Waals surface area contributed by atoms with Crippen LogP contribution in [-0.4, -0.2) is 32.7 Å². The van der Waals surface area contributed by atoms with Gasteiger partial charge < -0.3 is 5.11 Å². The maximum Gasteiger partial charge on any atom is 0.438 e. The lowest BCUT2D eigenvalue weighted by atomic mass is 10.0. The van der Waals surface area contributed by atoms with Gasteiger partial charge in [0.2, 0.25) is 5.95 Å². The predicted octanol–water partition coefficient (Wildman–Crippen LogP) is 2.96. The number of nitrogens with zero attached hydrogens (tertiary/aromatic N) is 4. The number of benzene rings is 1. The lowest BCUT2D eigenvalue weighted by Crippen LogP contribution is -2.55. The zero-order valence-corrected chi connectivity index (χ0v) is 13.0. The first-order valence-corrected chi connectivity index (χ1v) is 7.25. The topological polar surface area (TPSA) is 61.6 Å². The average molecular weight is 336 g/mol. The van der Waals surface area contributed by atoms with E-state index in [4.69, 9.17) is 0 Å². The summed E-state index contributed by atoms with van der Waals surface area (Å²) in [6, 6.07) is 10.1. The van der Waals surface area contributed by atoms with Gasteiger partial charge in [0.05, 0.1) is 12.1 Å². The van der Waals surface area contributed by atoms with Crippen LogP contribution in [0, 0.1) is 13.8 Å². The van der Waals surface area contributed by atoms with Gasteiger partial charge in [0.15, 0.2) is 0 Å². The fourth-order valence-corrected chi connectivity index (χ4v) is 2.57. The first kappa shape index (κ1) is 16.4. The normalized spacial score (nSPS) is 21.1. The van der Waals surface area contributed by atoms with Crippen molar-refractivity contribution in [1.29, 1.82) is 0 Å². The van der Waals surface area contributed by atoms with Crippen molar-refractivity contribution in [3.63, 3.8) is 0 Å². The van der Waals surface area contributed by atoms with E-state index in [1.807, 2.05) is 0 Å². The minimum Gasteiger partial charge on any atom is -0.362 e. The maximum absolute atomic E-state index is 13.6. The van der Waals surface area contributed by atoms with E-state index < -0.39 is 18.3 Å². The molecule has 0 radical (unpaired) electrons. The van der Waals surface area contributed by atoms with Gasteiger partial charge in [0.1, 0.15) is 0 Å². The molecule has 1 atom stereocenters. The third-order valence-corrected chi connectivity index (χ3v) is 3.71. The molecule has 0 fully saturated rings. The second kappa shape index (κ2) is 5.55. The van der Waals surface area contributed by atoms with Gasteiger partial charge in [-0.1, -0.05) is 30.3 Å². The fourth-order valence-electron chi connectivity index (χ4n) is 2.57. The van der Waals surface area contributed by atoms with E-state index in [0.29, 0.717) is 22.0 Å². The van der Waals surface area contributed by atoms with E-state index in [0.717, 1.165) is 0 Å². The molecule has 8 heteroatoms. The van der Waals surface area contributed by atoms with Crippen molar-refractivity contribution in [3.05, 3.63) is 53.3 Å². The Morgan fingerprint density at radius 3 is 2.21 bits per heavy atom. The molecule has 3 rings (SSSR count). The first-order chi connectivity index (χ1) is 11.2. The van der Waals surface area contributed by atoms with Crippen molar-refractivity contribution in [2.45, 2.75) is 32.2 Å². The van der Waals surface area contributed by atoms with Gasteiger partial charge >= 0.3 is 6.18 Å². The summed E-state index contributed by atoms with van der Waals surface area (Å²) < 4.78 is 40.7. The molecular weight excluding hydrogens is 321 g/mol. The molecule has 5 nitrogen and oxygen atoms in total. The minimum absolute atomic E-state index is 0.123. The Morgan fingerprint density at radius 1 is 1.08 bits per heavy atom. The third kappa shape index (κ3) is 2.73. The van der Waals surface area contributed by atoms with Crippen molar-refractivity contribution < 1.29 is 18.3 Å². The van der Waals surface area contributed by atoms with Crippen LogP contribution in [0.1, 0.15) is 23.4 Å². The summed E-state index contributed by atoms with van der Waals surface area (Å²) in [6.07, 6.45) is -5.62. The molecule has 1 aliphatic rings. The Kier molecular flexibility index (Phi) is 3.79. The predicted molar refractivity (Wildman–Crippen MR) is 82.6 cm³/mol. The number of rotatable bonds is 2. The standard InChI is InChI=1S/C16H15F3N4O/c1-10-8-11(2)21-14(20-10)23-15(24,16(17,18)19)9-13(22-23)12-6-4-3-5-7-12/h3-8,24H,9H2,1-2H3/t15-/m1/s1. The Hall–Kier alpha value is -2.48. The van der Waals surface area contributed by atoms with Crippen molar-refractivity contribution in [2.24, 2.45) is 5.10 Å². The summed E-state index contributed by atoms with van der Waals surface area (Å²) in [4.78, 5) is 8.00. The second-order valence-corrected chi connectivity index (χ2v) is 5.67. The summed E-state index contributed by atoms with van der Waals surface area (Å²) in [5.74, 6) is -0.279. The number of aromatic nitrogens is 2. The molecular formula is C16H15F3N4O. The summed E-state index contributed by atoms with van der Waals surface area (Å²) in [7, 11) is 0. The molecule has 0 aliphatic carbocycles. The highest BCUT2D eigenvalue weighted by molar-refractivity contribution is 6.03. The van der Waals surface area contributed by atoms with Gasteiger partial charge in [-0.3, -0.25) is 0 Å². The molecule has 126 valence electrons. The second-order valence-electron chi connectivity index (χ2n) is 5.67. The maximum atomic E-state index is 13.6. The van der Waals surface area contributed by atoms with Crippen LogP contribution in [0.3, 0.4) is 0 Å². The summed E-state index contributed by atoms with van der Waals surface area (Å²) in [5, 5.41) is 14.8. The van der Waals surface area contributed by atoms with Crippen molar-refractivity contribution in [3.8, 4) is 0 Å². The van der Waals surface area contributed by atoms with Crippen LogP contribution in [-0.2, 0) is 0 Å². The number of hydrogen-bond donors (Lipinski definition) is 1. The van der Waals surface area contributed by atoms with Crippen molar-refractivity contribution in [2.75, 3.05) is 5.01 Å². The minimum atomic E-state index is -4.92. The van der Waals surface area contributed by atoms with Gasteiger partial charge in [-0.05, 0) is 25.5 Å². The van der Waals surface area contributed by atoms with Gasteiger partial charge in [0, 0.05) is 11.4 Å². The van der Waals surface area contributed by atoms with E-state index in [1.54, 1.807) is 50.2 Å². The van der Waals surface area contributed by atoms with E-state index in [-0.39, 0.29) is 11.7 Å². The monoisotopic (exact) mass is 336 g/mol. The molecule has 2 heterocycles. The number of hydrazone groups is 1. The molecule has 1 aromatic carbocycles. The number of hydrogen-bond acceptors (Lipinski definition) is 5. The molecule has 0 spiro atoms. The van der Waals surface area contributed by atoms with Crippen LogP contribution in [0.4, 0.5) is 19.1 Å². The molecule has 0 bridgehead atoms. The number of anilines is 1. The SMILES string of the molecule is Cc1cc(C)nc(N2N=C(c3ccccc3)C[C@@]2(O)C(F)(F)F)n1. The summed E-state index contributed by atoms with van der Waals surface area (Å²) in [6.45, 7) is 3.28. The van der Waals surface area contributed by atoms with Gasteiger partial charge in [-0.25, -0.2) is 9.97 Å². The molecule has 1 N–H and O–H groups in total. The highest BCUT2D eigenvalue weighted by Crippen LogP contribution is 2.42. The first-order valence-electron chi connectivity index (χ1n) is 7.25. The molecule has 1 aromatic heterocycles. The molecule has 1 aliphatic heterocycles. The van der Waals surface area contributed by atoms with Crippen LogP contribution in [0.5, 0.6) is 0 Å². The van der Waals surface area contributed by atoms with Gasteiger partial charge in [0.25, 0.3) is 5.72 Å². The summed E-state index contributed by atoms with van der Waals surface area (Å²) >= 11 is 0. The number of halogens is 3. The smallest absolute Gasteiger partial charge is 0.362 e. The lowest BCUT2D eigenvalue weighted by Gasteiger charge is -2.32. The van der Waals surface area contributed by atoms with Crippen molar-refractivity contribution in [1.82, 2.24) is 9.97 Å². The van der Waals surface area contributed by atoms with E-state index in [1.165, 1.54) is 0 Å². The Morgan fingerprint density at radius 2 is 1.67 bits per heavy atom. The third-order valence-electron chi connectivity index (χ3n) is 3.71. The van der Waals surface area contributed by atoms with Crippen LogP contribution in [0.15, 0.2) is 41.5 Å². The largest absolute Gasteiger partial charge is 0.438 e. The zero-order valence-electron chi connectivity index (χ0n) is 13.0. The highest BCUT2D eigenvalue weighted by atomic mass is 19.4. The van der Waals surface area contributed by atoms with Crippen molar-refractivity contribution >= 4 is 11.7 Å². The molecule has 0 saturated carbocycles. The van der Waals surface area contributed by atoms with E-state index in [9.17, 15) is 18.3 Å². The number of alkyl halides is 3. The molecule has 0 unspecified atom stereocenters. The Balaban J connectivity index is 2.12. The average Bonchev–Trinajstić information content (AvgIpc) is 2.86. The Labute approximate surface area is 136 Å². The van der Waals surface area contributed by atoms with Gasteiger partial charge in [-0.2, -0.15) is 23.3 Å². The number of aliphatic hydroxyl groups is 1. The fraction of sp³-hybridized carbons (Fsp3) is 0.312. The molecule has 24 heavy (non-hydrogen) atoms. The zero-order chi connectivity index (χ0) is 17.5.